The molecule has 2 aliphatic heterocycles. The quantitative estimate of drug-likeness (QED) is 0.639. The van der Waals surface area contributed by atoms with Crippen LogP contribution < -0.4 is 0 Å². The van der Waals surface area contributed by atoms with E-state index in [-0.39, 0.29) is 29.0 Å². The lowest BCUT2D eigenvalue weighted by Gasteiger charge is -2.41. The predicted molar refractivity (Wildman–Crippen MR) is 68.4 cm³/mol. The fraction of sp³-hybridized carbons (Fsp3) is 0.933. The van der Waals surface area contributed by atoms with E-state index in [9.17, 15) is 15.0 Å². The SMILES string of the molecule is C[C@@H]1[C@@H]2C[C@]3(C)[C@H](C)C4(C(=O)OC(O)C4O)[C@@H](O2)[C@@]13C. The smallest absolute Gasteiger partial charge is 0.320 e. The van der Waals surface area contributed by atoms with Crippen LogP contribution in [0.3, 0.4) is 0 Å². The van der Waals surface area contributed by atoms with Crippen molar-refractivity contribution >= 4 is 5.97 Å². The van der Waals surface area contributed by atoms with E-state index in [0.29, 0.717) is 5.92 Å². The molecular formula is C15H22O5. The van der Waals surface area contributed by atoms with Crippen molar-refractivity contribution in [3.8, 4) is 0 Å². The van der Waals surface area contributed by atoms with Gasteiger partial charge in [-0.25, -0.2) is 0 Å². The molecule has 0 aromatic carbocycles. The third-order valence-corrected chi connectivity index (χ3v) is 7.66. The lowest BCUT2D eigenvalue weighted by Crippen LogP contribution is -2.51. The number of carbonyl (C=O) groups excluding carboxylic acids is 1. The molecule has 4 fully saturated rings. The molecule has 20 heavy (non-hydrogen) atoms. The molecule has 9 atom stereocenters. The van der Waals surface area contributed by atoms with Crippen LogP contribution in [0.1, 0.15) is 34.1 Å². The number of aliphatic hydroxyl groups excluding tert-OH is 2. The zero-order valence-electron chi connectivity index (χ0n) is 12.3. The van der Waals surface area contributed by atoms with Gasteiger partial charge in [0.15, 0.2) is 0 Å². The predicted octanol–water partition coefficient (Wildman–Crippen LogP) is 0.678. The maximum Gasteiger partial charge on any atom is 0.320 e. The van der Waals surface area contributed by atoms with E-state index < -0.39 is 23.8 Å². The first-order chi connectivity index (χ1) is 9.22. The molecule has 4 rings (SSSR count). The van der Waals surface area contributed by atoms with Crippen LogP contribution in [0.25, 0.3) is 0 Å². The summed E-state index contributed by atoms with van der Waals surface area (Å²) >= 11 is 0. The Kier molecular flexibility index (Phi) is 2.11. The molecule has 2 heterocycles. The van der Waals surface area contributed by atoms with Crippen LogP contribution in [-0.2, 0) is 14.3 Å². The van der Waals surface area contributed by atoms with Crippen LogP contribution in [0, 0.1) is 28.1 Å². The molecule has 5 nitrogen and oxygen atoms in total. The highest BCUT2D eigenvalue weighted by Crippen LogP contribution is 2.79. The Labute approximate surface area is 118 Å². The first-order valence-corrected chi connectivity index (χ1v) is 7.45. The van der Waals surface area contributed by atoms with E-state index in [1.54, 1.807) is 0 Å². The van der Waals surface area contributed by atoms with Crippen LogP contribution in [0.2, 0.25) is 0 Å². The Balaban J connectivity index is 1.96. The van der Waals surface area contributed by atoms with E-state index in [1.807, 2.05) is 6.92 Å². The molecular weight excluding hydrogens is 260 g/mol. The zero-order chi connectivity index (χ0) is 14.7. The molecule has 2 aliphatic carbocycles. The van der Waals surface area contributed by atoms with E-state index in [0.717, 1.165) is 6.42 Å². The Bertz CT molecular complexity index is 506. The summed E-state index contributed by atoms with van der Waals surface area (Å²) in [5.41, 5.74) is -1.37. The summed E-state index contributed by atoms with van der Waals surface area (Å²) in [6.45, 7) is 8.55. The normalized spacial score (nSPS) is 67.2. The number of rotatable bonds is 0. The van der Waals surface area contributed by atoms with Gasteiger partial charge in [-0.2, -0.15) is 0 Å². The summed E-state index contributed by atoms with van der Waals surface area (Å²) in [5.74, 6) is -0.239. The Hall–Kier alpha value is -0.650. The molecule has 1 spiro atoms. The van der Waals surface area contributed by atoms with Crippen LogP contribution in [0.5, 0.6) is 0 Å². The minimum absolute atomic E-state index is 0.0793. The molecule has 0 radical (unpaired) electrons. The number of cyclic esters (lactones) is 1. The molecule has 5 heteroatoms. The third kappa shape index (κ3) is 0.911. The molecule has 3 unspecified atom stereocenters. The van der Waals surface area contributed by atoms with Gasteiger partial charge in [-0.15, -0.1) is 0 Å². The number of ether oxygens (including phenoxy) is 2. The molecule has 2 bridgehead atoms. The fourth-order valence-corrected chi connectivity index (χ4v) is 6.08. The maximum atomic E-state index is 12.5. The number of aliphatic hydroxyl groups is 2. The van der Waals surface area contributed by atoms with Gasteiger partial charge in [0.1, 0.15) is 11.5 Å². The highest BCUT2D eigenvalue weighted by atomic mass is 16.7. The molecule has 112 valence electrons. The Morgan fingerprint density at radius 1 is 1.25 bits per heavy atom. The third-order valence-electron chi connectivity index (χ3n) is 7.66. The van der Waals surface area contributed by atoms with Gasteiger partial charge in [0.05, 0.1) is 12.2 Å². The average molecular weight is 282 g/mol. The van der Waals surface area contributed by atoms with Gasteiger partial charge in [-0.1, -0.05) is 27.7 Å². The van der Waals surface area contributed by atoms with Crippen molar-refractivity contribution in [1.29, 1.82) is 0 Å². The molecule has 2 N–H and O–H groups in total. The van der Waals surface area contributed by atoms with Crippen LogP contribution in [0.15, 0.2) is 0 Å². The van der Waals surface area contributed by atoms with Crippen molar-refractivity contribution in [3.05, 3.63) is 0 Å². The highest BCUT2D eigenvalue weighted by molar-refractivity contribution is 5.83. The summed E-state index contributed by atoms with van der Waals surface area (Å²) in [5, 5.41) is 20.3. The van der Waals surface area contributed by atoms with Crippen molar-refractivity contribution in [1.82, 2.24) is 0 Å². The van der Waals surface area contributed by atoms with Crippen LogP contribution in [0.4, 0.5) is 0 Å². The zero-order valence-corrected chi connectivity index (χ0v) is 12.3. The monoisotopic (exact) mass is 282 g/mol. The molecule has 0 aromatic heterocycles. The van der Waals surface area contributed by atoms with Crippen LogP contribution >= 0.6 is 0 Å². The number of hydrogen-bond acceptors (Lipinski definition) is 5. The van der Waals surface area contributed by atoms with Crippen molar-refractivity contribution in [2.45, 2.75) is 58.7 Å². The summed E-state index contributed by atoms with van der Waals surface area (Å²) in [7, 11) is 0. The molecule has 4 aliphatic rings. The number of hydrogen-bond donors (Lipinski definition) is 2. The summed E-state index contributed by atoms with van der Waals surface area (Å²) in [6.07, 6.45) is -1.98. The van der Waals surface area contributed by atoms with Gasteiger partial charge < -0.3 is 19.7 Å². The van der Waals surface area contributed by atoms with Gasteiger partial charge in [-0.05, 0) is 23.7 Å². The number of esters is 1. The minimum Gasteiger partial charge on any atom is -0.432 e. The lowest BCUT2D eigenvalue weighted by atomic mass is 9.64. The van der Waals surface area contributed by atoms with Crippen molar-refractivity contribution in [2.24, 2.45) is 28.1 Å². The second-order valence-electron chi connectivity index (χ2n) is 7.64. The average Bonchev–Trinajstić information content (AvgIpc) is 2.85. The van der Waals surface area contributed by atoms with Gasteiger partial charge >= 0.3 is 5.97 Å². The first kappa shape index (κ1) is 13.0. The van der Waals surface area contributed by atoms with E-state index >= 15 is 0 Å². The van der Waals surface area contributed by atoms with Crippen molar-refractivity contribution in [3.63, 3.8) is 0 Å². The fourth-order valence-electron chi connectivity index (χ4n) is 6.08. The minimum atomic E-state index is -1.44. The van der Waals surface area contributed by atoms with Gasteiger partial charge in [0.2, 0.25) is 6.29 Å². The second kappa shape index (κ2) is 3.23. The van der Waals surface area contributed by atoms with E-state index in [1.165, 1.54) is 0 Å². The Morgan fingerprint density at radius 2 is 1.90 bits per heavy atom. The first-order valence-electron chi connectivity index (χ1n) is 7.45. The molecule has 2 saturated carbocycles. The van der Waals surface area contributed by atoms with Crippen LogP contribution in [-0.4, -0.2) is 40.8 Å². The van der Waals surface area contributed by atoms with E-state index in [4.69, 9.17) is 9.47 Å². The summed E-state index contributed by atoms with van der Waals surface area (Å²) < 4.78 is 11.1. The second-order valence-corrected chi connectivity index (χ2v) is 7.64. The van der Waals surface area contributed by atoms with Crippen molar-refractivity contribution in [2.75, 3.05) is 0 Å². The molecule has 0 amide bonds. The highest BCUT2D eigenvalue weighted by Gasteiger charge is 2.85. The maximum absolute atomic E-state index is 12.5. The molecule has 2 saturated heterocycles. The molecule has 0 aromatic rings. The summed E-state index contributed by atoms with van der Waals surface area (Å²) in [4.78, 5) is 12.5. The van der Waals surface area contributed by atoms with Crippen molar-refractivity contribution < 1.29 is 24.5 Å². The van der Waals surface area contributed by atoms with E-state index in [2.05, 4.69) is 20.8 Å². The standard InChI is InChI=1S/C15H22O5/c1-6-8-5-13(3)7(2)15(11(19-8)14(6,13)4)9(16)10(17)20-12(15)18/h6-11,16-17H,5H2,1-4H3/t6-,7+,8+,9?,10?,11+,13-,14-,15?/m1/s1. The van der Waals surface area contributed by atoms with Gasteiger partial charge in [-0.3, -0.25) is 4.79 Å². The Morgan fingerprint density at radius 3 is 2.35 bits per heavy atom. The van der Waals surface area contributed by atoms with Gasteiger partial charge in [0.25, 0.3) is 0 Å². The summed E-state index contributed by atoms with van der Waals surface area (Å²) in [6, 6.07) is 0. The lowest BCUT2D eigenvalue weighted by molar-refractivity contribution is -0.163. The number of fused-ring (bicyclic) bond motifs is 2. The largest absolute Gasteiger partial charge is 0.432 e. The topological polar surface area (TPSA) is 76.0 Å². The van der Waals surface area contributed by atoms with Gasteiger partial charge in [0, 0.05) is 5.41 Å². The number of carbonyl (C=O) groups is 1.